The number of hydrogen-bond donors (Lipinski definition) is 2. The second kappa shape index (κ2) is 13.1. The van der Waals surface area contributed by atoms with Crippen molar-refractivity contribution in [1.29, 1.82) is 0 Å². The Morgan fingerprint density at radius 2 is 1.69 bits per heavy atom. The number of hydrogen-bond acceptors (Lipinski definition) is 6. The fourth-order valence-corrected chi connectivity index (χ4v) is 3.53. The average Bonchev–Trinajstić information content (AvgIpc) is 2.79. The van der Waals surface area contributed by atoms with Gasteiger partial charge in [0, 0.05) is 12.6 Å². The van der Waals surface area contributed by atoms with Gasteiger partial charge in [0.25, 0.3) is 5.69 Å². The molecule has 0 spiro atoms. The minimum absolute atomic E-state index is 0.0722. The zero-order valence-corrected chi connectivity index (χ0v) is 17.8. The van der Waals surface area contributed by atoms with Crippen LogP contribution in [0, 0.1) is 16.0 Å². The molecule has 1 saturated heterocycles. The lowest BCUT2D eigenvalue weighted by atomic mass is 9.90. The molecule has 2 aromatic rings. The SMILES string of the molecule is O=C(O)C(=O)O.O=[N+]([O-])c1cccc(OCCCN2CCC(Cc3ccccc3)CC2)c1. The summed E-state index contributed by atoms with van der Waals surface area (Å²) in [6.45, 7) is 3.90. The van der Waals surface area contributed by atoms with E-state index < -0.39 is 16.9 Å². The first-order valence-electron chi connectivity index (χ1n) is 10.4. The summed E-state index contributed by atoms with van der Waals surface area (Å²) in [5.74, 6) is -2.29. The maximum atomic E-state index is 10.8. The molecule has 0 saturated carbocycles. The Labute approximate surface area is 186 Å². The van der Waals surface area contributed by atoms with E-state index in [0.29, 0.717) is 12.4 Å². The van der Waals surface area contributed by atoms with Crippen LogP contribution in [0.1, 0.15) is 24.8 Å². The van der Waals surface area contributed by atoms with Crippen molar-refractivity contribution in [3.05, 3.63) is 70.3 Å². The van der Waals surface area contributed by atoms with Gasteiger partial charge in [-0.1, -0.05) is 36.4 Å². The lowest BCUT2D eigenvalue weighted by Gasteiger charge is -2.32. The van der Waals surface area contributed by atoms with E-state index in [9.17, 15) is 10.1 Å². The molecule has 0 aromatic heterocycles. The number of aliphatic carboxylic acids is 2. The van der Waals surface area contributed by atoms with Crippen molar-refractivity contribution in [2.24, 2.45) is 5.92 Å². The average molecular weight is 444 g/mol. The molecule has 1 fully saturated rings. The van der Waals surface area contributed by atoms with Gasteiger partial charge in [-0.2, -0.15) is 0 Å². The number of likely N-dealkylation sites (tertiary alicyclic amines) is 1. The first-order valence-corrected chi connectivity index (χ1v) is 10.4. The van der Waals surface area contributed by atoms with E-state index >= 15 is 0 Å². The highest BCUT2D eigenvalue weighted by atomic mass is 16.6. The number of carboxylic acid groups (broad SMARTS) is 2. The van der Waals surface area contributed by atoms with Crippen LogP contribution >= 0.6 is 0 Å². The third kappa shape index (κ3) is 9.13. The van der Waals surface area contributed by atoms with E-state index in [0.717, 1.165) is 32.0 Å². The molecule has 9 nitrogen and oxygen atoms in total. The third-order valence-corrected chi connectivity index (χ3v) is 5.17. The van der Waals surface area contributed by atoms with Crippen molar-refractivity contribution in [3.63, 3.8) is 0 Å². The zero-order valence-electron chi connectivity index (χ0n) is 17.8. The number of ether oxygens (including phenoxy) is 1. The van der Waals surface area contributed by atoms with Crippen molar-refractivity contribution in [3.8, 4) is 5.75 Å². The Morgan fingerprint density at radius 1 is 1.03 bits per heavy atom. The Morgan fingerprint density at radius 3 is 2.28 bits per heavy atom. The highest BCUT2D eigenvalue weighted by molar-refractivity contribution is 6.27. The molecule has 0 atom stereocenters. The van der Waals surface area contributed by atoms with Crippen LogP contribution in [-0.2, 0) is 16.0 Å². The van der Waals surface area contributed by atoms with Crippen LogP contribution in [0.5, 0.6) is 5.75 Å². The second-order valence-corrected chi connectivity index (χ2v) is 7.54. The normalized spacial score (nSPS) is 14.1. The maximum Gasteiger partial charge on any atom is 0.414 e. The van der Waals surface area contributed by atoms with E-state index in [2.05, 4.69) is 35.2 Å². The largest absolute Gasteiger partial charge is 0.493 e. The van der Waals surface area contributed by atoms with Crippen LogP contribution in [0.15, 0.2) is 54.6 Å². The molecule has 0 aliphatic carbocycles. The first kappa shape index (κ1) is 24.8. The summed E-state index contributed by atoms with van der Waals surface area (Å²) in [5.41, 5.74) is 1.51. The molecule has 9 heteroatoms. The van der Waals surface area contributed by atoms with Gasteiger partial charge in [0.2, 0.25) is 0 Å². The number of nitro benzene ring substituents is 1. The van der Waals surface area contributed by atoms with Gasteiger partial charge < -0.3 is 19.8 Å². The fraction of sp³-hybridized carbons (Fsp3) is 0.391. The Bertz CT molecular complexity index is 869. The van der Waals surface area contributed by atoms with E-state index in [1.165, 1.54) is 37.0 Å². The topological polar surface area (TPSA) is 130 Å². The predicted octanol–water partition coefficient (Wildman–Crippen LogP) is 3.47. The van der Waals surface area contributed by atoms with E-state index in [1.54, 1.807) is 12.1 Å². The number of carbonyl (C=O) groups is 2. The summed E-state index contributed by atoms with van der Waals surface area (Å²) >= 11 is 0. The van der Waals surface area contributed by atoms with Crippen molar-refractivity contribution in [2.45, 2.75) is 25.7 Å². The zero-order chi connectivity index (χ0) is 23.3. The molecule has 1 aliphatic heterocycles. The minimum Gasteiger partial charge on any atom is -0.493 e. The van der Waals surface area contributed by atoms with Crippen molar-refractivity contribution in [1.82, 2.24) is 4.90 Å². The lowest BCUT2D eigenvalue weighted by molar-refractivity contribution is -0.384. The highest BCUT2D eigenvalue weighted by Gasteiger charge is 2.19. The molecule has 2 aromatic carbocycles. The molecular formula is C23H28N2O7. The van der Waals surface area contributed by atoms with Crippen LogP contribution in [0.25, 0.3) is 0 Å². The monoisotopic (exact) mass is 444 g/mol. The molecular weight excluding hydrogens is 416 g/mol. The molecule has 1 aliphatic rings. The van der Waals surface area contributed by atoms with Crippen molar-refractivity contribution >= 4 is 17.6 Å². The second-order valence-electron chi connectivity index (χ2n) is 7.54. The number of benzene rings is 2. The number of nitrogens with zero attached hydrogens (tertiary/aromatic N) is 2. The molecule has 1 heterocycles. The lowest BCUT2D eigenvalue weighted by Crippen LogP contribution is -2.35. The smallest absolute Gasteiger partial charge is 0.414 e. The minimum atomic E-state index is -1.82. The molecule has 0 unspecified atom stereocenters. The van der Waals surface area contributed by atoms with Gasteiger partial charge in [-0.25, -0.2) is 9.59 Å². The summed E-state index contributed by atoms with van der Waals surface area (Å²) in [6, 6.07) is 17.1. The van der Waals surface area contributed by atoms with Crippen LogP contribution in [0.2, 0.25) is 0 Å². The van der Waals surface area contributed by atoms with Gasteiger partial charge in [-0.3, -0.25) is 10.1 Å². The molecule has 2 N–H and O–H groups in total. The summed E-state index contributed by atoms with van der Waals surface area (Å²) in [7, 11) is 0. The van der Waals surface area contributed by atoms with E-state index in [-0.39, 0.29) is 5.69 Å². The van der Waals surface area contributed by atoms with Crippen LogP contribution in [0.4, 0.5) is 5.69 Å². The van der Waals surface area contributed by atoms with Crippen molar-refractivity contribution < 1.29 is 29.5 Å². The number of rotatable bonds is 8. The Kier molecular flexibility index (Phi) is 10.1. The summed E-state index contributed by atoms with van der Waals surface area (Å²) < 4.78 is 5.66. The van der Waals surface area contributed by atoms with Crippen LogP contribution in [0.3, 0.4) is 0 Å². The molecule has 0 amide bonds. The number of nitro groups is 1. The maximum absolute atomic E-state index is 10.8. The Hall–Kier alpha value is -3.46. The summed E-state index contributed by atoms with van der Waals surface area (Å²) in [5, 5.41) is 25.6. The predicted molar refractivity (Wildman–Crippen MR) is 118 cm³/mol. The van der Waals surface area contributed by atoms with Crippen LogP contribution in [-0.4, -0.2) is 58.2 Å². The fourth-order valence-electron chi connectivity index (χ4n) is 3.53. The third-order valence-electron chi connectivity index (χ3n) is 5.17. The Balaban J connectivity index is 0.000000534. The van der Waals surface area contributed by atoms with E-state index in [1.807, 2.05) is 0 Å². The summed E-state index contributed by atoms with van der Waals surface area (Å²) in [4.78, 5) is 31.1. The summed E-state index contributed by atoms with van der Waals surface area (Å²) in [6.07, 6.45) is 4.62. The van der Waals surface area contributed by atoms with Gasteiger partial charge >= 0.3 is 11.9 Å². The van der Waals surface area contributed by atoms with Gasteiger partial charge in [0.05, 0.1) is 17.6 Å². The number of non-ortho nitro benzene ring substituents is 1. The highest BCUT2D eigenvalue weighted by Crippen LogP contribution is 2.22. The van der Waals surface area contributed by atoms with Gasteiger partial charge in [-0.05, 0) is 56.3 Å². The molecule has 172 valence electrons. The van der Waals surface area contributed by atoms with Crippen LogP contribution < -0.4 is 4.74 Å². The molecule has 3 rings (SSSR count). The van der Waals surface area contributed by atoms with E-state index in [4.69, 9.17) is 24.5 Å². The molecule has 0 radical (unpaired) electrons. The van der Waals surface area contributed by atoms with Gasteiger partial charge in [0.1, 0.15) is 5.75 Å². The number of piperidine rings is 1. The van der Waals surface area contributed by atoms with Gasteiger partial charge in [-0.15, -0.1) is 0 Å². The first-order chi connectivity index (χ1) is 15.3. The quantitative estimate of drug-likeness (QED) is 0.274. The van der Waals surface area contributed by atoms with Crippen molar-refractivity contribution in [2.75, 3.05) is 26.2 Å². The standard InChI is InChI=1S/C21H26N2O3.C2H2O4/c24-23(25)20-8-4-9-21(17-20)26-15-5-12-22-13-10-19(11-14-22)16-18-6-2-1-3-7-18;3-1(4)2(5)6/h1-4,6-9,17,19H,5,10-16H2;(H,3,4)(H,5,6). The molecule has 0 bridgehead atoms. The van der Waals surface area contributed by atoms with Gasteiger partial charge in [0.15, 0.2) is 0 Å². The molecule has 32 heavy (non-hydrogen) atoms. The number of carboxylic acids is 2.